The minimum Gasteiger partial charge on any atom is -0.488 e. The molecule has 0 saturated heterocycles. The van der Waals surface area contributed by atoms with Gasteiger partial charge >= 0.3 is 5.97 Å². The number of hydrogen-bond donors (Lipinski definition) is 1. The first-order valence-corrected chi connectivity index (χ1v) is 9.36. The van der Waals surface area contributed by atoms with E-state index in [-0.39, 0.29) is 12.3 Å². The van der Waals surface area contributed by atoms with Crippen LogP contribution < -0.4 is 10.1 Å². The highest BCUT2D eigenvalue weighted by molar-refractivity contribution is 7.16. The number of carbonyl (C=O) groups is 2. The van der Waals surface area contributed by atoms with Crippen LogP contribution in [-0.4, -0.2) is 24.1 Å². The molecule has 0 unspecified atom stereocenters. The Labute approximate surface area is 166 Å². The lowest BCUT2D eigenvalue weighted by atomic mass is 10.2. The first-order chi connectivity index (χ1) is 13.4. The van der Waals surface area contributed by atoms with E-state index in [9.17, 15) is 9.59 Å². The van der Waals surface area contributed by atoms with Gasteiger partial charge in [0.05, 0.1) is 18.2 Å². The van der Waals surface area contributed by atoms with Crippen molar-refractivity contribution in [2.45, 2.75) is 27.4 Å². The second-order valence-corrected chi connectivity index (χ2v) is 7.42. The molecular weight excluding hydrogens is 380 g/mol. The zero-order valence-electron chi connectivity index (χ0n) is 16.0. The molecule has 0 spiro atoms. The van der Waals surface area contributed by atoms with Crippen LogP contribution in [0.1, 0.15) is 42.6 Å². The molecule has 2 aromatic heterocycles. The summed E-state index contributed by atoms with van der Waals surface area (Å²) in [4.78, 5) is 25.5. The van der Waals surface area contributed by atoms with E-state index in [2.05, 4.69) is 10.5 Å². The van der Waals surface area contributed by atoms with Gasteiger partial charge in [0, 0.05) is 4.88 Å². The van der Waals surface area contributed by atoms with Crippen LogP contribution in [0.15, 0.2) is 34.9 Å². The Morgan fingerprint density at radius 3 is 2.68 bits per heavy atom. The number of thiophene rings is 1. The summed E-state index contributed by atoms with van der Waals surface area (Å²) in [7, 11) is 1.29. The average Bonchev–Trinajstić information content (AvgIpc) is 3.22. The Balaban J connectivity index is 1.80. The van der Waals surface area contributed by atoms with Crippen molar-refractivity contribution in [2.24, 2.45) is 0 Å². The molecule has 3 rings (SSSR count). The summed E-state index contributed by atoms with van der Waals surface area (Å²) in [6.07, 6.45) is 0. The molecule has 1 N–H and O–H groups in total. The molecule has 8 heteroatoms. The van der Waals surface area contributed by atoms with Gasteiger partial charge in [0.1, 0.15) is 23.1 Å². The Bertz CT molecular complexity index is 1020. The van der Waals surface area contributed by atoms with Crippen LogP contribution in [0.5, 0.6) is 5.75 Å². The molecule has 7 nitrogen and oxygen atoms in total. The number of carbonyl (C=O) groups excluding carboxylic acids is 2. The van der Waals surface area contributed by atoms with Crippen LogP contribution in [0, 0.1) is 20.8 Å². The molecule has 1 aromatic carbocycles. The molecule has 0 aliphatic rings. The molecule has 3 aromatic rings. The lowest BCUT2D eigenvalue weighted by Gasteiger charge is -2.09. The van der Waals surface area contributed by atoms with Gasteiger partial charge in [0.15, 0.2) is 5.69 Å². The molecule has 0 saturated carbocycles. The smallest absolute Gasteiger partial charge is 0.340 e. The second kappa shape index (κ2) is 8.26. The number of benzene rings is 1. The molecule has 0 aliphatic carbocycles. The minimum absolute atomic E-state index is 0.118. The number of methoxy groups -OCH3 is 1. The monoisotopic (exact) mass is 400 g/mol. The predicted octanol–water partition coefficient (Wildman–Crippen LogP) is 4.28. The van der Waals surface area contributed by atoms with Crippen molar-refractivity contribution in [1.29, 1.82) is 0 Å². The van der Waals surface area contributed by atoms with Crippen molar-refractivity contribution < 1.29 is 23.6 Å². The number of para-hydroxylation sites is 1. The fraction of sp³-hybridized carbons (Fsp3) is 0.250. The number of amides is 1. The van der Waals surface area contributed by atoms with Gasteiger partial charge < -0.3 is 19.3 Å². The Kier molecular flexibility index (Phi) is 5.79. The van der Waals surface area contributed by atoms with Gasteiger partial charge in [-0.05, 0) is 38.5 Å². The van der Waals surface area contributed by atoms with Crippen molar-refractivity contribution in [1.82, 2.24) is 5.16 Å². The summed E-state index contributed by atoms with van der Waals surface area (Å²) in [5, 5.41) is 7.00. The lowest BCUT2D eigenvalue weighted by molar-refractivity contribution is 0.0602. The third kappa shape index (κ3) is 4.07. The highest BCUT2D eigenvalue weighted by Crippen LogP contribution is 2.29. The van der Waals surface area contributed by atoms with Gasteiger partial charge in [-0.2, -0.15) is 0 Å². The quantitative estimate of drug-likeness (QED) is 0.621. The largest absolute Gasteiger partial charge is 0.488 e. The molecule has 0 bridgehead atoms. The first kappa shape index (κ1) is 19.6. The summed E-state index contributed by atoms with van der Waals surface area (Å²) in [5.41, 5.74) is 1.96. The van der Waals surface area contributed by atoms with Crippen LogP contribution in [0.4, 0.5) is 5.00 Å². The normalized spacial score (nSPS) is 10.6. The molecule has 0 radical (unpaired) electrons. The van der Waals surface area contributed by atoms with Crippen LogP contribution in [0.25, 0.3) is 0 Å². The summed E-state index contributed by atoms with van der Waals surface area (Å²) >= 11 is 1.28. The molecule has 0 atom stereocenters. The third-order valence-electron chi connectivity index (χ3n) is 4.15. The summed E-state index contributed by atoms with van der Waals surface area (Å²) < 4.78 is 15.8. The highest BCUT2D eigenvalue weighted by Gasteiger charge is 2.24. The number of aromatic nitrogens is 1. The van der Waals surface area contributed by atoms with Crippen molar-refractivity contribution >= 4 is 28.2 Å². The fourth-order valence-corrected chi connectivity index (χ4v) is 3.53. The van der Waals surface area contributed by atoms with Gasteiger partial charge in [-0.1, -0.05) is 23.4 Å². The van der Waals surface area contributed by atoms with E-state index in [0.29, 0.717) is 21.9 Å². The van der Waals surface area contributed by atoms with E-state index in [4.69, 9.17) is 14.0 Å². The van der Waals surface area contributed by atoms with Crippen LogP contribution in [0.2, 0.25) is 0 Å². The van der Waals surface area contributed by atoms with E-state index in [1.807, 2.05) is 38.1 Å². The highest BCUT2D eigenvalue weighted by atomic mass is 32.1. The Morgan fingerprint density at radius 2 is 1.96 bits per heavy atom. The molecular formula is C20H20N2O5S. The number of nitrogens with zero attached hydrogens (tertiary/aromatic N) is 1. The number of hydrogen-bond acceptors (Lipinski definition) is 7. The predicted molar refractivity (Wildman–Crippen MR) is 105 cm³/mol. The van der Waals surface area contributed by atoms with Gasteiger partial charge in [-0.25, -0.2) is 4.79 Å². The van der Waals surface area contributed by atoms with Crippen molar-refractivity contribution in [3.05, 3.63) is 63.4 Å². The maximum Gasteiger partial charge on any atom is 0.340 e. The molecule has 1 amide bonds. The summed E-state index contributed by atoms with van der Waals surface area (Å²) in [6.45, 7) is 5.64. The summed E-state index contributed by atoms with van der Waals surface area (Å²) in [5.74, 6) is 0.219. The van der Waals surface area contributed by atoms with Gasteiger partial charge in [-0.3, -0.25) is 4.79 Å². The standard InChI is InChI=1S/C20H20N2O5S/c1-11-7-5-6-8-16(11)26-10-15-13(3)27-22-17(15)18(23)21-19-14(20(24)25-4)9-12(2)28-19/h5-9H,10H2,1-4H3,(H,21,23). The zero-order chi connectivity index (χ0) is 20.3. The number of rotatable bonds is 6. The van der Waals surface area contributed by atoms with E-state index < -0.39 is 11.9 Å². The minimum atomic E-state index is -0.515. The number of ether oxygens (including phenoxy) is 2. The maximum absolute atomic E-state index is 12.8. The zero-order valence-corrected chi connectivity index (χ0v) is 16.8. The summed E-state index contributed by atoms with van der Waals surface area (Å²) in [6, 6.07) is 9.27. The van der Waals surface area contributed by atoms with Crippen LogP contribution in [0.3, 0.4) is 0 Å². The Hall–Kier alpha value is -3.13. The van der Waals surface area contributed by atoms with Crippen molar-refractivity contribution in [3.8, 4) is 5.75 Å². The molecule has 0 fully saturated rings. The number of anilines is 1. The van der Waals surface area contributed by atoms with Gasteiger partial charge in [0.2, 0.25) is 0 Å². The van der Waals surface area contributed by atoms with Crippen molar-refractivity contribution in [2.75, 3.05) is 12.4 Å². The lowest BCUT2D eigenvalue weighted by Crippen LogP contribution is -2.16. The number of esters is 1. The first-order valence-electron chi connectivity index (χ1n) is 8.54. The van der Waals surface area contributed by atoms with E-state index >= 15 is 0 Å². The van der Waals surface area contributed by atoms with E-state index in [1.54, 1.807) is 13.0 Å². The maximum atomic E-state index is 12.8. The van der Waals surface area contributed by atoms with E-state index in [0.717, 1.165) is 16.2 Å². The topological polar surface area (TPSA) is 90.7 Å². The van der Waals surface area contributed by atoms with Crippen LogP contribution in [-0.2, 0) is 11.3 Å². The van der Waals surface area contributed by atoms with Gasteiger partial charge in [0.25, 0.3) is 5.91 Å². The molecule has 2 heterocycles. The third-order valence-corrected chi connectivity index (χ3v) is 5.12. The van der Waals surface area contributed by atoms with Crippen molar-refractivity contribution in [3.63, 3.8) is 0 Å². The van der Waals surface area contributed by atoms with E-state index in [1.165, 1.54) is 18.4 Å². The number of nitrogens with one attached hydrogen (secondary N) is 1. The average molecular weight is 400 g/mol. The SMILES string of the molecule is COC(=O)c1cc(C)sc1NC(=O)c1noc(C)c1COc1ccccc1C. The fourth-order valence-electron chi connectivity index (χ4n) is 2.64. The molecule has 146 valence electrons. The van der Waals surface area contributed by atoms with Gasteiger partial charge in [-0.15, -0.1) is 11.3 Å². The molecule has 28 heavy (non-hydrogen) atoms. The number of aryl methyl sites for hydroxylation is 3. The Morgan fingerprint density at radius 1 is 1.21 bits per heavy atom. The van der Waals surface area contributed by atoms with Crippen LogP contribution >= 0.6 is 11.3 Å². The molecule has 0 aliphatic heterocycles. The second-order valence-electron chi connectivity index (χ2n) is 6.17.